The van der Waals surface area contributed by atoms with Gasteiger partial charge in [0.05, 0.1) is 6.61 Å². The molecule has 3 rings (SSSR count). The van der Waals surface area contributed by atoms with E-state index in [2.05, 4.69) is 48.1 Å². The molecule has 0 aliphatic carbocycles. The monoisotopic (exact) mass is 282 g/mol. The van der Waals surface area contributed by atoms with Crippen LogP contribution in [0.15, 0.2) is 42.7 Å². The first kappa shape index (κ1) is 14.1. The first-order valence-electron chi connectivity index (χ1n) is 7.59. The van der Waals surface area contributed by atoms with Crippen LogP contribution in [0, 0.1) is 0 Å². The lowest BCUT2D eigenvalue weighted by Gasteiger charge is -2.24. The molecule has 0 saturated heterocycles. The summed E-state index contributed by atoms with van der Waals surface area (Å²) in [6.45, 7) is 4.10. The topological polar surface area (TPSA) is 25.4 Å². The lowest BCUT2D eigenvalue weighted by molar-refractivity contribution is 0.264. The lowest BCUT2D eigenvalue weighted by Crippen LogP contribution is -2.25. The highest BCUT2D eigenvalue weighted by atomic mass is 16.5. The number of benzene rings is 1. The highest BCUT2D eigenvalue weighted by Gasteiger charge is 2.14. The minimum Gasteiger partial charge on any atom is -0.493 e. The highest BCUT2D eigenvalue weighted by molar-refractivity contribution is 5.39. The number of hydrogen-bond acceptors (Lipinski definition) is 3. The van der Waals surface area contributed by atoms with E-state index in [0.717, 1.165) is 31.7 Å². The van der Waals surface area contributed by atoms with Gasteiger partial charge in [0.1, 0.15) is 5.75 Å². The molecule has 3 heteroatoms. The normalized spacial score (nSPS) is 14.8. The van der Waals surface area contributed by atoms with Gasteiger partial charge >= 0.3 is 0 Å². The predicted octanol–water partition coefficient (Wildman–Crippen LogP) is 3.25. The van der Waals surface area contributed by atoms with Crippen molar-refractivity contribution < 1.29 is 4.74 Å². The van der Waals surface area contributed by atoms with Crippen molar-refractivity contribution in [1.29, 1.82) is 0 Å². The van der Waals surface area contributed by atoms with Crippen molar-refractivity contribution in [3.05, 3.63) is 59.4 Å². The molecule has 0 radical (unpaired) electrons. The molecule has 0 spiro atoms. The van der Waals surface area contributed by atoms with Crippen LogP contribution in [-0.4, -0.2) is 30.1 Å². The van der Waals surface area contributed by atoms with Gasteiger partial charge in [-0.05, 0) is 49.2 Å². The third kappa shape index (κ3) is 3.24. The Labute approximate surface area is 126 Å². The highest BCUT2D eigenvalue weighted by Crippen LogP contribution is 2.26. The van der Waals surface area contributed by atoms with E-state index in [1.807, 2.05) is 18.5 Å². The summed E-state index contributed by atoms with van der Waals surface area (Å²) < 4.78 is 5.56. The Hall–Kier alpha value is -1.87. The van der Waals surface area contributed by atoms with Gasteiger partial charge in [0.2, 0.25) is 0 Å². The number of pyridine rings is 1. The quantitative estimate of drug-likeness (QED) is 0.841. The molecule has 0 fully saturated rings. The molecule has 2 heterocycles. The van der Waals surface area contributed by atoms with Crippen LogP contribution in [0.25, 0.3) is 0 Å². The number of likely N-dealkylation sites (N-methyl/N-ethyl adjacent to an activating group) is 1. The smallest absolute Gasteiger partial charge is 0.122 e. The number of rotatable bonds is 5. The minimum absolute atomic E-state index is 0.386. The van der Waals surface area contributed by atoms with Crippen molar-refractivity contribution in [1.82, 2.24) is 9.88 Å². The van der Waals surface area contributed by atoms with E-state index in [1.54, 1.807) is 0 Å². The fourth-order valence-electron chi connectivity index (χ4n) is 2.77. The molecule has 0 amide bonds. The largest absolute Gasteiger partial charge is 0.493 e. The molecule has 3 nitrogen and oxygen atoms in total. The fraction of sp³-hybridized carbons (Fsp3) is 0.389. The summed E-state index contributed by atoms with van der Waals surface area (Å²) in [5, 5.41) is 0. The fourth-order valence-corrected chi connectivity index (χ4v) is 2.77. The summed E-state index contributed by atoms with van der Waals surface area (Å²) in [7, 11) is 2.17. The van der Waals surface area contributed by atoms with Crippen LogP contribution in [0.4, 0.5) is 0 Å². The van der Waals surface area contributed by atoms with Crippen molar-refractivity contribution in [2.24, 2.45) is 0 Å². The summed E-state index contributed by atoms with van der Waals surface area (Å²) in [6, 6.07) is 11.1. The molecule has 1 atom stereocenters. The van der Waals surface area contributed by atoms with Gasteiger partial charge < -0.3 is 4.74 Å². The maximum Gasteiger partial charge on any atom is 0.122 e. The number of fused-ring (bicyclic) bond motifs is 1. The second-order valence-corrected chi connectivity index (χ2v) is 5.73. The maximum atomic E-state index is 5.56. The van der Waals surface area contributed by atoms with Gasteiger partial charge in [-0.15, -0.1) is 0 Å². The second-order valence-electron chi connectivity index (χ2n) is 5.73. The molecule has 1 aliphatic heterocycles. The standard InChI is InChI=1S/C18H22N2O/c1-14(17-4-3-9-19-13-17)20(2)10-7-15-5-6-18-16(12-15)8-11-21-18/h3-6,9,12-14H,7-8,10-11H2,1-2H3. The van der Waals surface area contributed by atoms with E-state index in [-0.39, 0.29) is 0 Å². The van der Waals surface area contributed by atoms with Crippen LogP contribution in [0.2, 0.25) is 0 Å². The summed E-state index contributed by atoms with van der Waals surface area (Å²) in [4.78, 5) is 6.58. The summed E-state index contributed by atoms with van der Waals surface area (Å²) >= 11 is 0. The molecular weight excluding hydrogens is 260 g/mol. The second kappa shape index (κ2) is 6.27. The SMILES string of the molecule is CC(c1cccnc1)N(C)CCc1ccc2c(c1)CCO2. The van der Waals surface area contributed by atoms with Crippen LogP contribution < -0.4 is 4.74 Å². The molecule has 1 aromatic carbocycles. The van der Waals surface area contributed by atoms with Crippen molar-refractivity contribution in [3.63, 3.8) is 0 Å². The van der Waals surface area contributed by atoms with Crippen LogP contribution >= 0.6 is 0 Å². The lowest BCUT2D eigenvalue weighted by atomic mass is 10.1. The summed E-state index contributed by atoms with van der Waals surface area (Å²) in [5.74, 6) is 1.07. The number of ether oxygens (including phenoxy) is 1. The third-order valence-corrected chi connectivity index (χ3v) is 4.34. The zero-order chi connectivity index (χ0) is 14.7. The Morgan fingerprint density at radius 2 is 2.24 bits per heavy atom. The van der Waals surface area contributed by atoms with Gasteiger partial charge in [-0.1, -0.05) is 18.2 Å². The van der Waals surface area contributed by atoms with Crippen molar-refractivity contribution in [2.45, 2.75) is 25.8 Å². The molecule has 2 aromatic rings. The summed E-state index contributed by atoms with van der Waals surface area (Å²) in [6.07, 6.45) is 5.89. The average Bonchev–Trinajstić information content (AvgIpc) is 3.00. The Bertz CT molecular complexity index is 597. The van der Waals surface area contributed by atoms with Crippen LogP contribution in [0.5, 0.6) is 5.75 Å². The number of nitrogens with zero attached hydrogens (tertiary/aromatic N) is 2. The Morgan fingerprint density at radius 3 is 3.05 bits per heavy atom. The third-order valence-electron chi connectivity index (χ3n) is 4.34. The summed E-state index contributed by atoms with van der Waals surface area (Å²) in [5.41, 5.74) is 4.02. The average molecular weight is 282 g/mol. The molecule has 110 valence electrons. The number of hydrogen-bond donors (Lipinski definition) is 0. The van der Waals surface area contributed by atoms with Crippen molar-refractivity contribution in [2.75, 3.05) is 20.2 Å². The first-order chi connectivity index (χ1) is 10.2. The minimum atomic E-state index is 0.386. The first-order valence-corrected chi connectivity index (χ1v) is 7.59. The van der Waals surface area contributed by atoms with Gasteiger partial charge in [-0.2, -0.15) is 0 Å². The van der Waals surface area contributed by atoms with E-state index in [0.29, 0.717) is 6.04 Å². The molecule has 0 saturated carbocycles. The molecular formula is C18H22N2O. The van der Waals surface area contributed by atoms with Gasteiger partial charge in [0.15, 0.2) is 0 Å². The van der Waals surface area contributed by atoms with E-state index in [1.165, 1.54) is 16.7 Å². The Balaban J connectivity index is 1.59. The van der Waals surface area contributed by atoms with Gasteiger partial charge in [-0.3, -0.25) is 9.88 Å². The van der Waals surface area contributed by atoms with Crippen molar-refractivity contribution >= 4 is 0 Å². The van der Waals surface area contributed by atoms with E-state index >= 15 is 0 Å². The van der Waals surface area contributed by atoms with E-state index in [9.17, 15) is 0 Å². The number of aromatic nitrogens is 1. The molecule has 21 heavy (non-hydrogen) atoms. The van der Waals surface area contributed by atoms with Crippen LogP contribution in [0.3, 0.4) is 0 Å². The zero-order valence-electron chi connectivity index (χ0n) is 12.7. The van der Waals surface area contributed by atoms with E-state index < -0.39 is 0 Å². The van der Waals surface area contributed by atoms with Crippen molar-refractivity contribution in [3.8, 4) is 5.75 Å². The molecule has 1 unspecified atom stereocenters. The Morgan fingerprint density at radius 1 is 1.33 bits per heavy atom. The van der Waals surface area contributed by atoms with E-state index in [4.69, 9.17) is 4.74 Å². The van der Waals surface area contributed by atoms with Crippen LogP contribution in [-0.2, 0) is 12.8 Å². The molecule has 0 bridgehead atoms. The zero-order valence-corrected chi connectivity index (χ0v) is 12.7. The van der Waals surface area contributed by atoms with Gasteiger partial charge in [0, 0.05) is 31.4 Å². The molecule has 1 aromatic heterocycles. The molecule has 0 N–H and O–H groups in total. The predicted molar refractivity (Wildman–Crippen MR) is 84.6 cm³/mol. The van der Waals surface area contributed by atoms with Gasteiger partial charge in [-0.25, -0.2) is 0 Å². The molecule has 1 aliphatic rings. The van der Waals surface area contributed by atoms with Crippen LogP contribution in [0.1, 0.15) is 29.7 Å². The van der Waals surface area contributed by atoms with Gasteiger partial charge in [0.25, 0.3) is 0 Å². The maximum absolute atomic E-state index is 5.56. The Kier molecular flexibility index (Phi) is 4.20.